The van der Waals surface area contributed by atoms with Crippen LogP contribution in [0.15, 0.2) is 53.3 Å². The number of benzene rings is 2. The molecule has 0 saturated heterocycles. The number of fused-ring (bicyclic) bond motifs is 3. The second-order valence-electron chi connectivity index (χ2n) is 5.28. The highest BCUT2D eigenvalue weighted by atomic mass is 35.5. The average molecular weight is 326 g/mol. The molecular formula is C18H12ClNOS. The van der Waals surface area contributed by atoms with Crippen LogP contribution < -0.4 is 5.43 Å². The molecule has 0 bridgehead atoms. The van der Waals surface area contributed by atoms with Crippen molar-refractivity contribution < 1.29 is 0 Å². The van der Waals surface area contributed by atoms with Crippen molar-refractivity contribution in [2.45, 2.75) is 6.92 Å². The van der Waals surface area contributed by atoms with Crippen molar-refractivity contribution in [3.63, 3.8) is 0 Å². The number of H-pyrrole nitrogens is 1. The highest BCUT2D eigenvalue weighted by Crippen LogP contribution is 2.34. The van der Waals surface area contributed by atoms with Crippen LogP contribution in [0.4, 0.5) is 0 Å². The van der Waals surface area contributed by atoms with Gasteiger partial charge in [-0.1, -0.05) is 54.1 Å². The van der Waals surface area contributed by atoms with Crippen LogP contribution in [0.2, 0.25) is 5.02 Å². The number of hydrogen-bond donors (Lipinski definition) is 1. The Hall–Kier alpha value is -2.10. The van der Waals surface area contributed by atoms with Crippen LogP contribution in [0.5, 0.6) is 0 Å². The maximum absolute atomic E-state index is 12.4. The van der Waals surface area contributed by atoms with Gasteiger partial charge in [0.2, 0.25) is 5.43 Å². The van der Waals surface area contributed by atoms with Gasteiger partial charge in [-0.3, -0.25) is 4.79 Å². The monoisotopic (exact) mass is 325 g/mol. The zero-order valence-electron chi connectivity index (χ0n) is 11.8. The van der Waals surface area contributed by atoms with Crippen LogP contribution in [0.25, 0.3) is 31.4 Å². The predicted molar refractivity (Wildman–Crippen MR) is 95.1 cm³/mol. The van der Waals surface area contributed by atoms with Gasteiger partial charge in [0.1, 0.15) is 9.85 Å². The topological polar surface area (TPSA) is 32.9 Å². The molecule has 108 valence electrons. The first kappa shape index (κ1) is 13.6. The molecule has 0 aliphatic heterocycles. The summed E-state index contributed by atoms with van der Waals surface area (Å²) in [5.74, 6) is 0. The molecule has 0 radical (unpaired) electrons. The van der Waals surface area contributed by atoms with Crippen LogP contribution in [-0.4, -0.2) is 4.98 Å². The summed E-state index contributed by atoms with van der Waals surface area (Å²) in [6, 6.07) is 16.4. The number of hydrogen-bond acceptors (Lipinski definition) is 2. The quantitative estimate of drug-likeness (QED) is 0.501. The number of halogens is 1. The van der Waals surface area contributed by atoms with Crippen molar-refractivity contribution in [1.82, 2.24) is 4.98 Å². The summed E-state index contributed by atoms with van der Waals surface area (Å²) >= 11 is 7.70. The largest absolute Gasteiger partial charge is 0.349 e. The van der Waals surface area contributed by atoms with Gasteiger partial charge in [0.05, 0.1) is 5.39 Å². The first-order chi connectivity index (χ1) is 10.6. The number of aromatic amines is 1. The number of aryl methyl sites for hydroxylation is 1. The van der Waals surface area contributed by atoms with Crippen LogP contribution >= 0.6 is 22.9 Å². The molecule has 0 aliphatic carbocycles. The van der Waals surface area contributed by atoms with Gasteiger partial charge in [0.25, 0.3) is 0 Å². The summed E-state index contributed by atoms with van der Waals surface area (Å²) in [5, 5.41) is 1.93. The van der Waals surface area contributed by atoms with Crippen molar-refractivity contribution >= 4 is 43.2 Å². The van der Waals surface area contributed by atoms with Gasteiger partial charge in [-0.15, -0.1) is 11.3 Å². The van der Waals surface area contributed by atoms with Crippen molar-refractivity contribution in [2.75, 3.05) is 0 Å². The number of aromatic nitrogens is 1. The maximum atomic E-state index is 12.4. The lowest BCUT2D eigenvalue weighted by Gasteiger charge is -2.01. The summed E-state index contributed by atoms with van der Waals surface area (Å²) < 4.78 is 1.09. The summed E-state index contributed by atoms with van der Waals surface area (Å²) in [7, 11) is 0. The second-order valence-corrected chi connectivity index (χ2v) is 6.71. The Labute approximate surface area is 136 Å². The molecule has 4 heteroatoms. The Morgan fingerprint density at radius 3 is 2.59 bits per heavy atom. The third-order valence-electron chi connectivity index (χ3n) is 3.85. The van der Waals surface area contributed by atoms with E-state index >= 15 is 0 Å². The normalized spacial score (nSPS) is 11.4. The van der Waals surface area contributed by atoms with E-state index in [1.54, 1.807) is 11.3 Å². The summed E-state index contributed by atoms with van der Waals surface area (Å²) in [4.78, 5) is 16.5. The number of rotatable bonds is 1. The zero-order valence-corrected chi connectivity index (χ0v) is 13.4. The second kappa shape index (κ2) is 4.97. The number of thiophene rings is 1. The van der Waals surface area contributed by atoms with E-state index in [0.29, 0.717) is 11.1 Å². The van der Waals surface area contributed by atoms with Crippen LogP contribution in [0.3, 0.4) is 0 Å². The Kier molecular flexibility index (Phi) is 3.06. The molecule has 0 atom stereocenters. The fourth-order valence-corrected chi connectivity index (χ4v) is 4.06. The molecule has 22 heavy (non-hydrogen) atoms. The van der Waals surface area contributed by atoms with Crippen LogP contribution in [0, 0.1) is 6.92 Å². The van der Waals surface area contributed by atoms with Crippen molar-refractivity contribution in [3.8, 4) is 11.1 Å². The van der Waals surface area contributed by atoms with Gasteiger partial charge < -0.3 is 4.98 Å². The first-order valence-electron chi connectivity index (χ1n) is 6.95. The molecule has 0 aliphatic rings. The van der Waals surface area contributed by atoms with Gasteiger partial charge in [0, 0.05) is 15.8 Å². The SMILES string of the molecule is Cc1[nH]c2sc3cc(-c4ccccc4)ccc3c2c(=O)c1Cl. The molecule has 4 rings (SSSR count). The first-order valence-corrected chi connectivity index (χ1v) is 8.14. The molecule has 4 aromatic rings. The van der Waals surface area contributed by atoms with Gasteiger partial charge in [-0.2, -0.15) is 0 Å². The van der Waals surface area contributed by atoms with Crippen LogP contribution in [-0.2, 0) is 0 Å². The van der Waals surface area contributed by atoms with Gasteiger partial charge in [0.15, 0.2) is 0 Å². The molecule has 0 spiro atoms. The average Bonchev–Trinajstić information content (AvgIpc) is 2.90. The lowest BCUT2D eigenvalue weighted by Crippen LogP contribution is -2.04. The lowest BCUT2D eigenvalue weighted by molar-refractivity contribution is 1.26. The highest BCUT2D eigenvalue weighted by molar-refractivity contribution is 7.25. The summed E-state index contributed by atoms with van der Waals surface area (Å²) in [5.41, 5.74) is 2.94. The van der Waals surface area contributed by atoms with E-state index in [1.807, 2.05) is 31.2 Å². The standard InChI is InChI=1S/C18H12ClNOS/c1-10-16(19)17(21)15-13-8-7-12(11-5-3-2-4-6-11)9-14(13)22-18(15)20-10/h2-9H,1H3,(H,20,21). The van der Waals surface area contributed by atoms with Crippen molar-refractivity contribution in [2.24, 2.45) is 0 Å². The van der Waals surface area contributed by atoms with E-state index < -0.39 is 0 Å². The zero-order chi connectivity index (χ0) is 15.3. The molecule has 0 unspecified atom stereocenters. The maximum Gasteiger partial charge on any atom is 0.209 e. The Bertz CT molecular complexity index is 1060. The van der Waals surface area contributed by atoms with E-state index in [9.17, 15) is 4.79 Å². The molecule has 2 aromatic carbocycles. The number of nitrogens with one attached hydrogen (secondary N) is 1. The van der Waals surface area contributed by atoms with E-state index in [1.165, 1.54) is 5.56 Å². The summed E-state index contributed by atoms with van der Waals surface area (Å²) in [6.07, 6.45) is 0. The van der Waals surface area contributed by atoms with Crippen molar-refractivity contribution in [3.05, 3.63) is 69.5 Å². The Balaban J connectivity index is 2.05. The molecule has 0 fully saturated rings. The summed E-state index contributed by atoms with van der Waals surface area (Å²) in [6.45, 7) is 1.82. The molecule has 2 nitrogen and oxygen atoms in total. The third kappa shape index (κ3) is 1.97. The smallest absolute Gasteiger partial charge is 0.209 e. The number of pyridine rings is 1. The van der Waals surface area contributed by atoms with E-state index in [2.05, 4.69) is 29.2 Å². The Morgan fingerprint density at radius 1 is 1.05 bits per heavy atom. The molecule has 1 N–H and O–H groups in total. The molecule has 2 heterocycles. The highest BCUT2D eigenvalue weighted by Gasteiger charge is 2.13. The van der Waals surface area contributed by atoms with Crippen molar-refractivity contribution in [1.29, 1.82) is 0 Å². The van der Waals surface area contributed by atoms with Gasteiger partial charge in [-0.05, 0) is 24.1 Å². The molecule has 0 saturated carbocycles. The minimum Gasteiger partial charge on any atom is -0.349 e. The van der Waals surface area contributed by atoms with Gasteiger partial charge in [-0.25, -0.2) is 0 Å². The molecule has 2 aromatic heterocycles. The molecule has 0 amide bonds. The van der Waals surface area contributed by atoms with E-state index in [-0.39, 0.29) is 10.5 Å². The molecular weight excluding hydrogens is 314 g/mol. The minimum atomic E-state index is -0.0911. The van der Waals surface area contributed by atoms with Gasteiger partial charge >= 0.3 is 0 Å². The van der Waals surface area contributed by atoms with E-state index in [0.717, 1.165) is 20.5 Å². The third-order valence-corrected chi connectivity index (χ3v) is 5.38. The Morgan fingerprint density at radius 2 is 1.82 bits per heavy atom. The van der Waals surface area contributed by atoms with E-state index in [4.69, 9.17) is 11.6 Å². The predicted octanol–water partition coefficient (Wildman–Crippen LogP) is 5.37. The minimum absolute atomic E-state index is 0.0911. The van der Waals surface area contributed by atoms with Crippen LogP contribution in [0.1, 0.15) is 5.69 Å². The fourth-order valence-electron chi connectivity index (χ4n) is 2.73. The fraction of sp³-hybridized carbons (Fsp3) is 0.0556. The lowest BCUT2D eigenvalue weighted by atomic mass is 10.0.